The SMILES string of the molecule is COc1ccc(/N=N/c2cc(OCCO)c(/N=N/c3c(S(=O)(=O)O)cc4cc(/N=N/C5C(=O)N(c6ccc(S(=O)(=O)O)cc6)N=C5C)ccc4c3O)cc2OCCO)c(S(=O)(=O)O)c1. The average molecular weight is 943 g/mol. The summed E-state index contributed by atoms with van der Waals surface area (Å²) < 4.78 is 118. The first-order valence-electron chi connectivity index (χ1n) is 18.0. The predicted molar refractivity (Wildman–Crippen MR) is 223 cm³/mol. The van der Waals surface area contributed by atoms with Crippen molar-refractivity contribution in [2.45, 2.75) is 27.7 Å². The molecule has 0 fully saturated rings. The van der Waals surface area contributed by atoms with Crippen molar-refractivity contribution in [2.24, 2.45) is 35.8 Å². The topological polar surface area (TPSA) is 358 Å². The van der Waals surface area contributed by atoms with E-state index in [1.54, 1.807) is 0 Å². The molecule has 1 atom stereocenters. The summed E-state index contributed by atoms with van der Waals surface area (Å²) in [6.07, 6.45) is 0. The van der Waals surface area contributed by atoms with Gasteiger partial charge in [0.05, 0.1) is 42.3 Å². The fraction of sp³-hybridized carbons (Fsp3) is 0.189. The quantitative estimate of drug-likeness (QED) is 0.0478. The number of aromatic hydroxyl groups is 1. The molecule has 0 aromatic heterocycles. The number of carbonyl (C=O) groups is 1. The monoisotopic (exact) mass is 942 g/mol. The summed E-state index contributed by atoms with van der Waals surface area (Å²) in [5.74, 6) is -1.68. The number of hydrogen-bond acceptors (Lipinski definition) is 20. The molecule has 0 aliphatic carbocycles. The highest BCUT2D eigenvalue weighted by Gasteiger charge is 2.35. The van der Waals surface area contributed by atoms with Gasteiger partial charge in [0.2, 0.25) is 0 Å². The van der Waals surface area contributed by atoms with E-state index in [2.05, 4.69) is 35.8 Å². The van der Waals surface area contributed by atoms with Gasteiger partial charge in [0, 0.05) is 23.6 Å². The number of hydrogen-bond donors (Lipinski definition) is 6. The summed E-state index contributed by atoms with van der Waals surface area (Å²) >= 11 is 0. The lowest BCUT2D eigenvalue weighted by atomic mass is 10.1. The largest absolute Gasteiger partial charge is 0.505 e. The van der Waals surface area contributed by atoms with E-state index in [1.807, 2.05) is 0 Å². The first-order valence-corrected chi connectivity index (χ1v) is 22.3. The molecule has 5 aromatic carbocycles. The maximum Gasteiger partial charge on any atom is 0.296 e. The Morgan fingerprint density at radius 3 is 1.84 bits per heavy atom. The minimum absolute atomic E-state index is 0.00298. The van der Waals surface area contributed by atoms with Crippen LogP contribution in [0.1, 0.15) is 6.92 Å². The third-order valence-corrected chi connectivity index (χ3v) is 11.4. The number of azo groups is 3. The maximum absolute atomic E-state index is 13.2. The number of ether oxygens (including phenoxy) is 3. The van der Waals surface area contributed by atoms with Crippen LogP contribution < -0.4 is 19.2 Å². The minimum atomic E-state index is -5.15. The van der Waals surface area contributed by atoms with E-state index in [1.165, 1.54) is 62.6 Å². The molecular weight excluding hydrogens is 909 g/mol. The predicted octanol–water partition coefficient (Wildman–Crippen LogP) is 5.74. The molecule has 336 valence electrons. The van der Waals surface area contributed by atoms with E-state index in [0.29, 0.717) is 0 Å². The molecule has 1 aliphatic heterocycles. The summed E-state index contributed by atoms with van der Waals surface area (Å²) in [4.78, 5) is 11.2. The van der Waals surface area contributed by atoms with Crippen LogP contribution in [0.25, 0.3) is 10.8 Å². The van der Waals surface area contributed by atoms with Crippen LogP contribution in [0.3, 0.4) is 0 Å². The summed E-state index contributed by atoms with van der Waals surface area (Å²) in [6, 6.07) is 14.3. The van der Waals surface area contributed by atoms with Gasteiger partial charge in [-0.3, -0.25) is 18.5 Å². The van der Waals surface area contributed by atoms with E-state index < -0.39 is 81.6 Å². The smallest absolute Gasteiger partial charge is 0.296 e. The van der Waals surface area contributed by atoms with Crippen LogP contribution in [0.5, 0.6) is 23.0 Å². The third-order valence-electron chi connectivity index (χ3n) is 8.78. The van der Waals surface area contributed by atoms with E-state index in [4.69, 9.17) is 14.2 Å². The number of nitrogens with zero attached hydrogens (tertiary/aromatic N) is 8. The van der Waals surface area contributed by atoms with Crippen molar-refractivity contribution < 1.29 is 73.2 Å². The van der Waals surface area contributed by atoms with Crippen molar-refractivity contribution >= 4 is 86.9 Å². The van der Waals surface area contributed by atoms with Gasteiger partial charge in [0.25, 0.3) is 36.3 Å². The number of phenols is 1. The van der Waals surface area contributed by atoms with Crippen LogP contribution in [0.2, 0.25) is 0 Å². The first-order chi connectivity index (χ1) is 30.2. The Balaban J connectivity index is 1.34. The summed E-state index contributed by atoms with van der Waals surface area (Å²) in [6.45, 7) is -0.130. The molecule has 1 unspecified atom stereocenters. The van der Waals surface area contributed by atoms with Gasteiger partial charge in [0.1, 0.15) is 63.0 Å². The number of rotatable bonds is 17. The molecule has 24 nitrogen and oxygen atoms in total. The number of anilines is 1. The number of methoxy groups -OCH3 is 1. The molecule has 1 amide bonds. The number of phenolic OH excluding ortho intramolecular Hbond substituents is 1. The normalized spacial score (nSPS) is 14.9. The van der Waals surface area contributed by atoms with Crippen molar-refractivity contribution in [2.75, 3.05) is 38.5 Å². The molecular formula is C37H34N8O16S3. The zero-order valence-electron chi connectivity index (χ0n) is 33.0. The number of benzene rings is 5. The number of amides is 1. The van der Waals surface area contributed by atoms with Crippen LogP contribution in [0.4, 0.5) is 34.1 Å². The van der Waals surface area contributed by atoms with Gasteiger partial charge in [-0.15, -0.1) is 20.5 Å². The second kappa shape index (κ2) is 18.9. The molecule has 0 bridgehead atoms. The number of fused-ring (bicyclic) bond motifs is 1. The van der Waals surface area contributed by atoms with Gasteiger partial charge in [0.15, 0.2) is 11.8 Å². The second-order valence-electron chi connectivity index (χ2n) is 13.1. The van der Waals surface area contributed by atoms with Crippen molar-refractivity contribution in [1.29, 1.82) is 0 Å². The Labute approximate surface area is 362 Å². The Kier molecular flexibility index (Phi) is 13.7. The van der Waals surface area contributed by atoms with Crippen LogP contribution >= 0.6 is 0 Å². The molecule has 1 heterocycles. The van der Waals surface area contributed by atoms with Crippen molar-refractivity contribution in [3.8, 4) is 23.0 Å². The fourth-order valence-corrected chi connectivity index (χ4v) is 7.59. The number of aliphatic hydroxyl groups excluding tert-OH is 2. The Bertz CT molecular complexity index is 3110. The van der Waals surface area contributed by atoms with Gasteiger partial charge >= 0.3 is 0 Å². The van der Waals surface area contributed by atoms with E-state index in [-0.39, 0.29) is 75.4 Å². The highest BCUT2D eigenvalue weighted by molar-refractivity contribution is 7.86. The number of aliphatic hydroxyl groups is 2. The molecule has 5 aromatic rings. The van der Waals surface area contributed by atoms with Crippen molar-refractivity contribution in [3.63, 3.8) is 0 Å². The Hall–Kier alpha value is -6.85. The van der Waals surface area contributed by atoms with E-state index >= 15 is 0 Å². The lowest BCUT2D eigenvalue weighted by Gasteiger charge is -2.13. The molecule has 0 saturated heterocycles. The van der Waals surface area contributed by atoms with Gasteiger partial charge < -0.3 is 29.5 Å². The van der Waals surface area contributed by atoms with Gasteiger partial charge in [-0.25, -0.2) is 0 Å². The number of carbonyl (C=O) groups excluding carboxylic acids is 1. The van der Waals surface area contributed by atoms with Crippen LogP contribution in [-0.2, 0) is 35.1 Å². The van der Waals surface area contributed by atoms with Crippen molar-refractivity contribution in [3.05, 3.63) is 78.9 Å². The molecule has 0 radical (unpaired) electrons. The molecule has 27 heteroatoms. The summed E-state index contributed by atoms with van der Waals surface area (Å²) in [5, 5.41) is 59.5. The molecule has 6 N–H and O–H groups in total. The van der Waals surface area contributed by atoms with Crippen molar-refractivity contribution in [1.82, 2.24) is 0 Å². The fourth-order valence-electron chi connectivity index (χ4n) is 5.81. The molecule has 1 aliphatic rings. The first kappa shape index (κ1) is 46.6. The van der Waals surface area contributed by atoms with Crippen LogP contribution in [0, 0.1) is 0 Å². The highest BCUT2D eigenvalue weighted by Crippen LogP contribution is 2.45. The molecule has 6 rings (SSSR count). The Morgan fingerprint density at radius 2 is 1.28 bits per heavy atom. The maximum atomic E-state index is 13.2. The second-order valence-corrected chi connectivity index (χ2v) is 17.3. The van der Waals surface area contributed by atoms with E-state index in [9.17, 15) is 59.0 Å². The molecule has 0 spiro atoms. The lowest BCUT2D eigenvalue weighted by molar-refractivity contribution is -0.117. The minimum Gasteiger partial charge on any atom is -0.505 e. The van der Waals surface area contributed by atoms with Crippen LogP contribution in [0.15, 0.2) is 129 Å². The highest BCUT2D eigenvalue weighted by atomic mass is 32.2. The third kappa shape index (κ3) is 10.5. The standard InChI is InChI=1S/C37H34N8O16S3/c1-20-34(37(49)45(44-20)23-4-7-25(8-5-23)62(50,51)52)42-38-22-3-9-26-21(15-22)16-33(64(56,57)58)35(36(26)48)43-41-29-19-30(60-13-11-46)28(18-31(29)61-14-12-47)40-39-27-10-6-24(59-2)17-32(27)63(53,54)55/h3-10,15-19,34,46-48H,11-14H2,1-2H3,(H,50,51,52)(H,53,54,55)(H,56,57,58)/b40-39+,42-38+,43-41+. The van der Waals surface area contributed by atoms with Gasteiger partial charge in [-0.05, 0) is 73.0 Å². The van der Waals surface area contributed by atoms with Gasteiger partial charge in [-0.1, -0.05) is 0 Å². The molecule has 0 saturated carbocycles. The zero-order chi connectivity index (χ0) is 46.6. The average Bonchev–Trinajstić information content (AvgIpc) is 3.53. The molecule has 64 heavy (non-hydrogen) atoms. The van der Waals surface area contributed by atoms with E-state index in [0.717, 1.165) is 35.3 Å². The summed E-state index contributed by atoms with van der Waals surface area (Å²) in [5.41, 5.74) is -0.966. The zero-order valence-corrected chi connectivity index (χ0v) is 35.4. The number of hydrazone groups is 1. The summed E-state index contributed by atoms with van der Waals surface area (Å²) in [7, 11) is -13.2. The Morgan fingerprint density at radius 1 is 0.688 bits per heavy atom. The van der Waals surface area contributed by atoms with Gasteiger partial charge in [-0.2, -0.15) is 45.6 Å². The lowest BCUT2D eigenvalue weighted by Crippen LogP contribution is -2.29. The van der Waals surface area contributed by atoms with Crippen LogP contribution in [-0.4, -0.2) is 105 Å².